The molecule has 1 heterocycles. The summed E-state index contributed by atoms with van der Waals surface area (Å²) >= 11 is 0. The molecule has 0 aromatic heterocycles. The van der Waals surface area contributed by atoms with Crippen LogP contribution in [0, 0.1) is 17.3 Å². The molecular weight excluding hydrogens is 292 g/mol. The van der Waals surface area contributed by atoms with E-state index in [1.807, 2.05) is 6.07 Å². The second-order valence-corrected chi connectivity index (χ2v) is 6.20. The Balaban J connectivity index is 2.09. The zero-order valence-electron chi connectivity index (χ0n) is 13.1. The third-order valence-electron chi connectivity index (χ3n) is 5.18. The van der Waals surface area contributed by atoms with Gasteiger partial charge in [-0.05, 0) is 49.4 Å². The molecule has 2 unspecified atom stereocenters. The van der Waals surface area contributed by atoms with Crippen LogP contribution in [0.15, 0.2) is 18.2 Å². The first-order valence-corrected chi connectivity index (χ1v) is 7.87. The predicted molar refractivity (Wildman–Crippen MR) is 84.9 cm³/mol. The van der Waals surface area contributed by atoms with Gasteiger partial charge in [0.05, 0.1) is 5.41 Å². The molecule has 1 fully saturated rings. The maximum atomic E-state index is 12.5. The molecule has 1 aliphatic heterocycles. The molecular formula is C18H20N2O3. The Morgan fingerprint density at radius 1 is 1.48 bits per heavy atom. The zero-order valence-corrected chi connectivity index (χ0v) is 13.1. The van der Waals surface area contributed by atoms with Crippen LogP contribution in [0.4, 0.5) is 0 Å². The van der Waals surface area contributed by atoms with Gasteiger partial charge in [-0.3, -0.25) is 14.8 Å². The fraction of sp³-hybridized carbons (Fsp3) is 0.444. The van der Waals surface area contributed by atoms with Gasteiger partial charge in [-0.1, -0.05) is 6.07 Å². The van der Waals surface area contributed by atoms with Crippen LogP contribution in [0.3, 0.4) is 0 Å². The molecule has 23 heavy (non-hydrogen) atoms. The second kappa shape index (κ2) is 6.05. The van der Waals surface area contributed by atoms with Crippen LogP contribution in [0.25, 0.3) is 0 Å². The molecule has 2 amide bonds. The van der Waals surface area contributed by atoms with E-state index in [4.69, 9.17) is 5.21 Å². The summed E-state index contributed by atoms with van der Waals surface area (Å²) in [6.45, 7) is 2.49. The molecule has 3 rings (SSSR count). The van der Waals surface area contributed by atoms with Crippen molar-refractivity contribution >= 4 is 11.8 Å². The van der Waals surface area contributed by atoms with Crippen molar-refractivity contribution in [2.75, 3.05) is 6.54 Å². The van der Waals surface area contributed by atoms with Gasteiger partial charge in [-0.2, -0.15) is 0 Å². The topological polar surface area (TPSA) is 78.4 Å². The summed E-state index contributed by atoms with van der Waals surface area (Å²) < 4.78 is 0. The molecule has 1 aromatic rings. The normalized spacial score (nSPS) is 25.3. The number of rotatable bonds is 2. The molecule has 0 radical (unpaired) electrons. The van der Waals surface area contributed by atoms with Crippen LogP contribution in [-0.2, 0) is 11.2 Å². The van der Waals surface area contributed by atoms with Crippen molar-refractivity contribution < 1.29 is 14.8 Å². The minimum absolute atomic E-state index is 0.0207. The Morgan fingerprint density at radius 2 is 2.30 bits per heavy atom. The first-order chi connectivity index (χ1) is 11.1. The van der Waals surface area contributed by atoms with Gasteiger partial charge >= 0.3 is 0 Å². The van der Waals surface area contributed by atoms with Crippen LogP contribution in [0.5, 0.6) is 0 Å². The SMILES string of the molecule is CC#CCC1c2cc(C(=O)NO)ccc2CCC12CCNC2=O. The largest absolute Gasteiger partial charge is 0.356 e. The summed E-state index contributed by atoms with van der Waals surface area (Å²) in [5.41, 5.74) is 3.81. The van der Waals surface area contributed by atoms with Crippen LogP contribution in [-0.4, -0.2) is 23.6 Å². The smallest absolute Gasteiger partial charge is 0.274 e. The van der Waals surface area contributed by atoms with Gasteiger partial charge in [-0.25, -0.2) is 5.48 Å². The Morgan fingerprint density at radius 3 is 2.96 bits per heavy atom. The van der Waals surface area contributed by atoms with E-state index in [2.05, 4.69) is 17.2 Å². The predicted octanol–water partition coefficient (Wildman–Crippen LogP) is 1.76. The van der Waals surface area contributed by atoms with Crippen molar-refractivity contribution in [3.05, 3.63) is 34.9 Å². The van der Waals surface area contributed by atoms with Crippen LogP contribution in [0.1, 0.15) is 53.6 Å². The molecule has 1 saturated heterocycles. The number of nitrogens with one attached hydrogen (secondary N) is 2. The lowest BCUT2D eigenvalue weighted by atomic mass is 9.62. The van der Waals surface area contributed by atoms with Gasteiger partial charge in [0.15, 0.2) is 0 Å². The highest BCUT2D eigenvalue weighted by atomic mass is 16.5. The zero-order chi connectivity index (χ0) is 16.4. The van der Waals surface area contributed by atoms with E-state index >= 15 is 0 Å². The average Bonchev–Trinajstić information content (AvgIpc) is 2.94. The van der Waals surface area contributed by atoms with E-state index in [0.717, 1.165) is 30.4 Å². The van der Waals surface area contributed by atoms with Crippen LogP contribution < -0.4 is 10.8 Å². The third-order valence-corrected chi connectivity index (χ3v) is 5.18. The monoisotopic (exact) mass is 312 g/mol. The van der Waals surface area contributed by atoms with E-state index in [1.54, 1.807) is 24.5 Å². The molecule has 0 saturated carbocycles. The Kier molecular flexibility index (Phi) is 4.10. The number of carbonyl (C=O) groups is 2. The summed E-state index contributed by atoms with van der Waals surface area (Å²) in [4.78, 5) is 24.3. The molecule has 2 atom stereocenters. The minimum atomic E-state index is -0.538. The number of hydroxylamine groups is 1. The van der Waals surface area contributed by atoms with Crippen molar-refractivity contribution in [1.29, 1.82) is 0 Å². The lowest BCUT2D eigenvalue weighted by Gasteiger charge is -2.40. The first kappa shape index (κ1) is 15.6. The number of aryl methyl sites for hydroxylation is 1. The summed E-state index contributed by atoms with van der Waals surface area (Å²) in [5, 5.41) is 11.8. The molecule has 1 aromatic carbocycles. The third kappa shape index (κ3) is 2.49. The second-order valence-electron chi connectivity index (χ2n) is 6.20. The highest BCUT2D eigenvalue weighted by molar-refractivity contribution is 5.94. The lowest BCUT2D eigenvalue weighted by molar-refractivity contribution is -0.129. The highest BCUT2D eigenvalue weighted by Gasteiger charge is 2.50. The van der Waals surface area contributed by atoms with Crippen molar-refractivity contribution in [2.45, 2.75) is 38.5 Å². The van der Waals surface area contributed by atoms with Gasteiger partial charge in [0.1, 0.15) is 0 Å². The molecule has 1 aliphatic carbocycles. The summed E-state index contributed by atoms with van der Waals surface area (Å²) in [6, 6.07) is 5.43. The molecule has 1 spiro atoms. The highest BCUT2D eigenvalue weighted by Crippen LogP contribution is 2.51. The van der Waals surface area contributed by atoms with Crippen molar-refractivity contribution in [3.8, 4) is 11.8 Å². The van der Waals surface area contributed by atoms with Crippen LogP contribution >= 0.6 is 0 Å². The van der Waals surface area contributed by atoms with Crippen molar-refractivity contribution in [2.24, 2.45) is 5.41 Å². The molecule has 5 heteroatoms. The van der Waals surface area contributed by atoms with Crippen molar-refractivity contribution in [3.63, 3.8) is 0 Å². The van der Waals surface area contributed by atoms with E-state index in [0.29, 0.717) is 18.5 Å². The molecule has 3 N–H and O–H groups in total. The summed E-state index contributed by atoms with van der Waals surface area (Å²) in [6.07, 6.45) is 3.03. The molecule has 120 valence electrons. The summed E-state index contributed by atoms with van der Waals surface area (Å²) in [7, 11) is 0. The summed E-state index contributed by atoms with van der Waals surface area (Å²) in [5.74, 6) is 5.57. The Bertz CT molecular complexity index is 717. The maximum Gasteiger partial charge on any atom is 0.274 e. The van der Waals surface area contributed by atoms with Gasteiger partial charge in [0, 0.05) is 24.4 Å². The van der Waals surface area contributed by atoms with Crippen molar-refractivity contribution in [1.82, 2.24) is 10.8 Å². The fourth-order valence-electron chi connectivity index (χ4n) is 3.95. The fourth-order valence-corrected chi connectivity index (χ4v) is 3.95. The molecule has 0 bridgehead atoms. The van der Waals surface area contributed by atoms with Gasteiger partial charge in [0.2, 0.25) is 5.91 Å². The maximum absolute atomic E-state index is 12.5. The average molecular weight is 312 g/mol. The number of amides is 2. The number of hydrogen-bond donors (Lipinski definition) is 3. The Hall–Kier alpha value is -2.32. The standard InChI is InChI=1S/C18H20N2O3/c1-2-3-4-15-14-11-13(16(21)20-23)6-5-12(14)7-8-18(15)9-10-19-17(18)22/h5-6,11,15,23H,4,7-10H2,1H3,(H,19,22)(H,20,21). The lowest BCUT2D eigenvalue weighted by Crippen LogP contribution is -2.40. The van der Waals surface area contributed by atoms with Gasteiger partial charge in [0.25, 0.3) is 5.91 Å². The number of fused-ring (bicyclic) bond motifs is 1. The van der Waals surface area contributed by atoms with Crippen LogP contribution in [0.2, 0.25) is 0 Å². The quantitative estimate of drug-likeness (QED) is 0.442. The number of hydrogen-bond acceptors (Lipinski definition) is 3. The van der Waals surface area contributed by atoms with E-state index in [9.17, 15) is 9.59 Å². The Labute approximate surface area is 135 Å². The van der Waals surface area contributed by atoms with E-state index in [-0.39, 0.29) is 11.8 Å². The van der Waals surface area contributed by atoms with Gasteiger partial charge in [-0.15, -0.1) is 11.8 Å². The number of carbonyl (C=O) groups excluding carboxylic acids is 2. The van der Waals surface area contributed by atoms with E-state index < -0.39 is 11.3 Å². The molecule has 2 aliphatic rings. The van der Waals surface area contributed by atoms with Gasteiger partial charge < -0.3 is 5.32 Å². The van der Waals surface area contributed by atoms with E-state index in [1.165, 1.54) is 0 Å². The number of benzene rings is 1. The molecule has 5 nitrogen and oxygen atoms in total. The first-order valence-electron chi connectivity index (χ1n) is 7.87. The minimum Gasteiger partial charge on any atom is -0.356 e.